The lowest BCUT2D eigenvalue weighted by Crippen LogP contribution is -2.42. The Balaban J connectivity index is 1.08. The predicted molar refractivity (Wildman–Crippen MR) is 130 cm³/mol. The molecule has 0 aliphatic carbocycles. The molecule has 1 aromatic heterocycles. The molecule has 0 saturated carbocycles. The summed E-state index contributed by atoms with van der Waals surface area (Å²) in [4.78, 5) is 5.76. The van der Waals surface area contributed by atoms with Gasteiger partial charge in [0, 0.05) is 55.2 Å². The lowest BCUT2D eigenvalue weighted by molar-refractivity contribution is -0.0573. The van der Waals surface area contributed by atoms with Gasteiger partial charge in [-0.15, -0.1) is 0 Å². The zero-order chi connectivity index (χ0) is 22.2. The average molecular weight is 462 g/mol. The van der Waals surface area contributed by atoms with Gasteiger partial charge >= 0.3 is 0 Å². The minimum Gasteiger partial charge on any atom is -0.366 e. The Hall–Kier alpha value is -2.78. The first-order valence-electron chi connectivity index (χ1n) is 11.4. The summed E-state index contributed by atoms with van der Waals surface area (Å²) in [6.07, 6.45) is 7.05. The normalized spacial score (nSPS) is 22.8. The van der Waals surface area contributed by atoms with Crippen molar-refractivity contribution in [3.63, 3.8) is 0 Å². The van der Waals surface area contributed by atoms with Gasteiger partial charge in [0.25, 0.3) is 0 Å². The lowest BCUT2D eigenvalue weighted by Gasteiger charge is -2.34. The molecule has 3 aromatic rings. The summed E-state index contributed by atoms with van der Waals surface area (Å²) >= 11 is 1.91. The largest absolute Gasteiger partial charge is 0.366 e. The van der Waals surface area contributed by atoms with E-state index in [1.807, 2.05) is 33.6 Å². The van der Waals surface area contributed by atoms with Crippen LogP contribution in [0.4, 0.5) is 5.69 Å². The van der Waals surface area contributed by atoms with Crippen molar-refractivity contribution in [1.82, 2.24) is 20.0 Å². The van der Waals surface area contributed by atoms with E-state index in [0.29, 0.717) is 6.61 Å². The SMILES string of the molecule is OC1OCCN1c1ccc2c(c1)CN(C1NC=C(Cc3ccc(-n4cccn4)cc3)S1)CC2. The van der Waals surface area contributed by atoms with Crippen LogP contribution in [0.5, 0.6) is 0 Å². The van der Waals surface area contributed by atoms with E-state index in [9.17, 15) is 5.11 Å². The van der Waals surface area contributed by atoms with Crippen molar-refractivity contribution >= 4 is 17.4 Å². The van der Waals surface area contributed by atoms with Gasteiger partial charge in [-0.05, 0) is 53.4 Å². The Morgan fingerprint density at radius 2 is 1.97 bits per heavy atom. The van der Waals surface area contributed by atoms with Gasteiger partial charge < -0.3 is 20.1 Å². The third kappa shape index (κ3) is 4.27. The van der Waals surface area contributed by atoms with E-state index in [2.05, 4.69) is 64.0 Å². The first-order valence-corrected chi connectivity index (χ1v) is 12.2. The Labute approximate surface area is 197 Å². The van der Waals surface area contributed by atoms with Crippen molar-refractivity contribution < 1.29 is 9.84 Å². The van der Waals surface area contributed by atoms with Crippen LogP contribution in [0.25, 0.3) is 5.69 Å². The molecule has 0 radical (unpaired) electrons. The summed E-state index contributed by atoms with van der Waals surface area (Å²) in [5.74, 6) is 0. The maximum absolute atomic E-state index is 10.1. The average Bonchev–Trinajstić information content (AvgIpc) is 3.61. The van der Waals surface area contributed by atoms with Crippen molar-refractivity contribution in [2.45, 2.75) is 31.3 Å². The molecule has 0 amide bonds. The quantitative estimate of drug-likeness (QED) is 0.605. The van der Waals surface area contributed by atoms with E-state index in [0.717, 1.165) is 43.9 Å². The standard InChI is InChI=1S/C25H27N5O2S/c31-25-29(12-13-32-25)22-7-4-19-8-11-28(17-20(19)15-22)24-26-16-23(33-24)14-18-2-5-21(6-3-18)30-10-1-9-27-30/h1-7,9-10,15-16,24-26,31H,8,11-14,17H2. The molecule has 6 rings (SSSR count). The molecular weight excluding hydrogens is 434 g/mol. The highest BCUT2D eigenvalue weighted by Gasteiger charge is 2.29. The first-order chi connectivity index (χ1) is 16.2. The summed E-state index contributed by atoms with van der Waals surface area (Å²) in [7, 11) is 0. The van der Waals surface area contributed by atoms with Crippen LogP contribution in [0, 0.1) is 0 Å². The van der Waals surface area contributed by atoms with Gasteiger partial charge in [-0.25, -0.2) is 4.68 Å². The first kappa shape index (κ1) is 20.8. The van der Waals surface area contributed by atoms with Crippen molar-refractivity contribution in [2.24, 2.45) is 0 Å². The second-order valence-electron chi connectivity index (χ2n) is 8.61. The Kier molecular flexibility index (Phi) is 5.59. The number of hydrogen-bond acceptors (Lipinski definition) is 7. The Morgan fingerprint density at radius 3 is 2.76 bits per heavy atom. The topological polar surface area (TPSA) is 65.8 Å². The zero-order valence-electron chi connectivity index (χ0n) is 18.3. The van der Waals surface area contributed by atoms with E-state index in [-0.39, 0.29) is 5.50 Å². The number of rotatable bonds is 5. The number of fused-ring (bicyclic) bond motifs is 1. The van der Waals surface area contributed by atoms with E-state index < -0.39 is 6.41 Å². The molecule has 1 saturated heterocycles. The number of nitrogens with one attached hydrogen (secondary N) is 1. The minimum atomic E-state index is -0.838. The van der Waals surface area contributed by atoms with E-state index in [4.69, 9.17) is 4.74 Å². The number of allylic oxidation sites excluding steroid dienone is 1. The van der Waals surface area contributed by atoms with E-state index in [1.54, 1.807) is 6.20 Å². The van der Waals surface area contributed by atoms with Crippen LogP contribution in [0.15, 0.2) is 72.0 Å². The third-order valence-corrected chi connectivity index (χ3v) is 7.72. The molecule has 33 heavy (non-hydrogen) atoms. The highest BCUT2D eigenvalue weighted by atomic mass is 32.2. The summed E-state index contributed by atoms with van der Waals surface area (Å²) in [6.45, 7) is 3.22. The van der Waals surface area contributed by atoms with E-state index in [1.165, 1.54) is 21.6 Å². The van der Waals surface area contributed by atoms with Crippen molar-refractivity contribution in [1.29, 1.82) is 0 Å². The van der Waals surface area contributed by atoms with Crippen LogP contribution in [-0.4, -0.2) is 51.4 Å². The lowest BCUT2D eigenvalue weighted by atomic mass is 9.99. The van der Waals surface area contributed by atoms with E-state index >= 15 is 0 Å². The van der Waals surface area contributed by atoms with Crippen molar-refractivity contribution in [3.05, 3.63) is 88.7 Å². The van der Waals surface area contributed by atoms with Crippen molar-refractivity contribution in [3.8, 4) is 5.69 Å². The molecule has 2 atom stereocenters. The second kappa shape index (κ2) is 8.87. The maximum Gasteiger partial charge on any atom is 0.238 e. The van der Waals surface area contributed by atoms with Crippen LogP contribution < -0.4 is 10.2 Å². The summed E-state index contributed by atoms with van der Waals surface area (Å²) in [6, 6.07) is 17.1. The minimum absolute atomic E-state index is 0.251. The van der Waals surface area contributed by atoms with Gasteiger partial charge in [-0.1, -0.05) is 30.0 Å². The van der Waals surface area contributed by atoms with Gasteiger partial charge in [-0.2, -0.15) is 5.10 Å². The molecule has 3 aliphatic heterocycles. The highest BCUT2D eigenvalue weighted by molar-refractivity contribution is 8.03. The molecule has 2 unspecified atom stereocenters. The fourth-order valence-electron chi connectivity index (χ4n) is 4.70. The van der Waals surface area contributed by atoms with Crippen LogP contribution in [0.1, 0.15) is 16.7 Å². The molecule has 0 bridgehead atoms. The number of anilines is 1. The molecule has 0 spiro atoms. The van der Waals surface area contributed by atoms with Crippen LogP contribution in [0.3, 0.4) is 0 Å². The van der Waals surface area contributed by atoms with Gasteiger partial charge in [0.2, 0.25) is 6.41 Å². The zero-order valence-corrected chi connectivity index (χ0v) is 19.1. The smallest absolute Gasteiger partial charge is 0.238 e. The molecule has 8 heteroatoms. The molecular formula is C25H27N5O2S. The number of aliphatic hydroxyl groups excluding tert-OH is 1. The molecule has 2 N–H and O–H groups in total. The van der Waals surface area contributed by atoms with Crippen LogP contribution >= 0.6 is 11.8 Å². The monoisotopic (exact) mass is 461 g/mol. The third-order valence-electron chi connectivity index (χ3n) is 6.49. The van der Waals surface area contributed by atoms with Crippen molar-refractivity contribution in [2.75, 3.05) is 24.6 Å². The number of ether oxygens (including phenoxy) is 1. The fraction of sp³-hybridized carbons (Fsp3) is 0.320. The number of aromatic nitrogens is 2. The fourth-order valence-corrected chi connectivity index (χ4v) is 5.83. The number of hydrogen-bond donors (Lipinski definition) is 2. The summed E-state index contributed by atoms with van der Waals surface area (Å²) < 4.78 is 7.18. The van der Waals surface area contributed by atoms with Crippen LogP contribution in [0.2, 0.25) is 0 Å². The molecule has 170 valence electrons. The predicted octanol–water partition coefficient (Wildman–Crippen LogP) is 3.05. The molecule has 4 heterocycles. The molecule has 3 aliphatic rings. The number of benzene rings is 2. The molecule has 1 fully saturated rings. The number of thioether (sulfide) groups is 1. The Bertz CT molecular complexity index is 1150. The number of nitrogens with zero attached hydrogens (tertiary/aromatic N) is 4. The maximum atomic E-state index is 10.1. The van der Waals surface area contributed by atoms with Gasteiger partial charge in [0.1, 0.15) is 5.50 Å². The molecule has 2 aromatic carbocycles. The van der Waals surface area contributed by atoms with Gasteiger partial charge in [0.05, 0.1) is 12.3 Å². The Morgan fingerprint density at radius 1 is 1.09 bits per heavy atom. The van der Waals surface area contributed by atoms with Crippen LogP contribution in [-0.2, 0) is 24.1 Å². The highest BCUT2D eigenvalue weighted by Crippen LogP contribution is 2.34. The molecule has 7 nitrogen and oxygen atoms in total. The summed E-state index contributed by atoms with van der Waals surface area (Å²) in [5, 5.41) is 17.9. The second-order valence-corrected chi connectivity index (χ2v) is 9.81. The summed E-state index contributed by atoms with van der Waals surface area (Å²) in [5.41, 5.74) is 6.39. The van der Waals surface area contributed by atoms with Gasteiger partial charge in [-0.3, -0.25) is 4.90 Å². The van der Waals surface area contributed by atoms with Gasteiger partial charge in [0.15, 0.2) is 0 Å². The number of aliphatic hydroxyl groups is 1.